The third kappa shape index (κ3) is 6.12. The number of benzene rings is 1. The number of nitrogens with zero attached hydrogens (tertiary/aromatic N) is 5. The Kier molecular flexibility index (Phi) is 7.15. The van der Waals surface area contributed by atoms with Gasteiger partial charge in [0.1, 0.15) is 5.82 Å². The fraction of sp³-hybridized carbons (Fsp3) is 0.385. The lowest BCUT2D eigenvalue weighted by Crippen LogP contribution is -2.52. The summed E-state index contributed by atoms with van der Waals surface area (Å²) in [7, 11) is 2.11. The van der Waals surface area contributed by atoms with E-state index in [9.17, 15) is 4.79 Å². The molecule has 3 N–H and O–H groups in total. The molecule has 0 spiro atoms. The number of carbonyl (C=O) groups excluding carboxylic acids is 1. The van der Waals surface area contributed by atoms with Crippen molar-refractivity contribution in [2.24, 2.45) is 0 Å². The number of nitrogens with one attached hydrogen (secondary N) is 3. The van der Waals surface area contributed by atoms with Gasteiger partial charge >= 0.3 is 0 Å². The Labute approximate surface area is 206 Å². The van der Waals surface area contributed by atoms with E-state index in [1.54, 1.807) is 6.20 Å². The summed E-state index contributed by atoms with van der Waals surface area (Å²) >= 11 is 0. The van der Waals surface area contributed by atoms with Crippen molar-refractivity contribution < 1.29 is 4.79 Å². The van der Waals surface area contributed by atoms with Crippen molar-refractivity contribution in [3.8, 4) is 11.3 Å². The first-order valence-corrected chi connectivity index (χ1v) is 12.2. The largest absolute Gasteiger partial charge is 0.370 e. The summed E-state index contributed by atoms with van der Waals surface area (Å²) in [5.74, 6) is 1.46. The second-order valence-electron chi connectivity index (χ2n) is 9.23. The van der Waals surface area contributed by atoms with Crippen LogP contribution in [0.15, 0.2) is 54.9 Å². The van der Waals surface area contributed by atoms with E-state index in [2.05, 4.69) is 61.0 Å². The van der Waals surface area contributed by atoms with Gasteiger partial charge < -0.3 is 20.9 Å². The normalized spacial score (nSPS) is 21.6. The smallest absolute Gasteiger partial charge is 0.227 e. The summed E-state index contributed by atoms with van der Waals surface area (Å²) in [6.45, 7) is 5.03. The Morgan fingerprint density at radius 3 is 2.83 bits per heavy atom. The second kappa shape index (κ2) is 10.8. The van der Waals surface area contributed by atoms with Crippen LogP contribution in [0.1, 0.15) is 18.4 Å². The van der Waals surface area contributed by atoms with Gasteiger partial charge in [0.2, 0.25) is 11.9 Å². The maximum atomic E-state index is 12.6. The molecule has 0 saturated carbocycles. The van der Waals surface area contributed by atoms with Crippen molar-refractivity contribution in [2.45, 2.75) is 25.4 Å². The zero-order valence-corrected chi connectivity index (χ0v) is 20.1. The lowest BCUT2D eigenvalue weighted by molar-refractivity contribution is -0.122. The van der Waals surface area contributed by atoms with Crippen molar-refractivity contribution in [3.05, 3.63) is 60.4 Å². The fourth-order valence-corrected chi connectivity index (χ4v) is 4.56. The summed E-state index contributed by atoms with van der Waals surface area (Å²) < 4.78 is 0. The lowest BCUT2D eigenvalue weighted by atomic mass is 10.1. The number of anilines is 3. The number of hydrogen-bond acceptors (Lipinski definition) is 8. The highest BCUT2D eigenvalue weighted by Crippen LogP contribution is 2.22. The Bertz CT molecular complexity index is 1150. The van der Waals surface area contributed by atoms with E-state index in [-0.39, 0.29) is 11.9 Å². The van der Waals surface area contributed by atoms with Crippen LogP contribution in [0, 0.1) is 0 Å². The SMILES string of the molecule is CN1CCN2Cc3cccc(c3)Nc3nccc(n3)-c3ccc(nc3)NCCCNC(=O)CC1C2. The number of hydrogen-bond donors (Lipinski definition) is 3. The molecule has 2 atom stereocenters. The highest BCUT2D eigenvalue weighted by atomic mass is 16.1. The number of piperazine rings is 1. The van der Waals surface area contributed by atoms with Gasteiger partial charge in [-0.2, -0.15) is 0 Å². The van der Waals surface area contributed by atoms with Gasteiger partial charge in [0.15, 0.2) is 0 Å². The predicted octanol–water partition coefficient (Wildman–Crippen LogP) is 2.72. The van der Waals surface area contributed by atoms with Gasteiger partial charge in [0.05, 0.1) is 5.69 Å². The Hall–Kier alpha value is -3.56. The average molecular weight is 473 g/mol. The molecule has 1 aromatic carbocycles. The molecule has 1 amide bonds. The molecule has 3 aliphatic heterocycles. The molecule has 8 bridgehead atoms. The predicted molar refractivity (Wildman–Crippen MR) is 137 cm³/mol. The number of pyridine rings is 1. The monoisotopic (exact) mass is 472 g/mol. The van der Waals surface area contributed by atoms with E-state index in [0.29, 0.717) is 18.9 Å². The van der Waals surface area contributed by atoms with E-state index in [0.717, 1.165) is 61.9 Å². The average Bonchev–Trinajstić information content (AvgIpc) is 2.86. The molecule has 6 rings (SSSR count). The van der Waals surface area contributed by atoms with Crippen LogP contribution in [0.5, 0.6) is 0 Å². The Morgan fingerprint density at radius 2 is 1.94 bits per heavy atom. The highest BCUT2D eigenvalue weighted by molar-refractivity contribution is 5.76. The van der Waals surface area contributed by atoms with Gasteiger partial charge in [0, 0.05) is 75.4 Å². The molecule has 9 nitrogen and oxygen atoms in total. The second-order valence-corrected chi connectivity index (χ2v) is 9.23. The van der Waals surface area contributed by atoms with Crippen LogP contribution in [0.25, 0.3) is 11.3 Å². The number of fused-ring (bicyclic) bond motifs is 8. The summed E-state index contributed by atoms with van der Waals surface area (Å²) in [5, 5.41) is 9.74. The summed E-state index contributed by atoms with van der Waals surface area (Å²) in [6, 6.07) is 14.4. The molecule has 35 heavy (non-hydrogen) atoms. The molecule has 2 unspecified atom stereocenters. The molecule has 9 heteroatoms. The lowest BCUT2D eigenvalue weighted by Gasteiger charge is -2.39. The maximum absolute atomic E-state index is 12.6. The molecular formula is C26H32N8O. The van der Waals surface area contributed by atoms with Gasteiger partial charge in [-0.3, -0.25) is 9.69 Å². The van der Waals surface area contributed by atoms with E-state index >= 15 is 0 Å². The van der Waals surface area contributed by atoms with Crippen LogP contribution in [0.2, 0.25) is 0 Å². The van der Waals surface area contributed by atoms with Gasteiger partial charge in [-0.05, 0) is 49.4 Å². The topological polar surface area (TPSA) is 98.3 Å². The fourth-order valence-electron chi connectivity index (χ4n) is 4.56. The van der Waals surface area contributed by atoms with Gasteiger partial charge in [-0.25, -0.2) is 15.0 Å². The first kappa shape index (κ1) is 23.2. The highest BCUT2D eigenvalue weighted by Gasteiger charge is 2.26. The molecule has 3 aromatic rings. The molecule has 0 radical (unpaired) electrons. The van der Waals surface area contributed by atoms with Crippen molar-refractivity contribution in [2.75, 3.05) is 50.4 Å². The molecule has 182 valence electrons. The molecular weight excluding hydrogens is 440 g/mol. The minimum absolute atomic E-state index is 0.112. The number of aromatic nitrogens is 3. The third-order valence-electron chi connectivity index (χ3n) is 6.57. The van der Waals surface area contributed by atoms with Gasteiger partial charge in [0.25, 0.3) is 0 Å². The maximum Gasteiger partial charge on any atom is 0.227 e. The number of likely N-dealkylation sites (N-methyl/N-ethyl adjacent to an activating group) is 1. The van der Waals surface area contributed by atoms with E-state index in [1.807, 2.05) is 30.5 Å². The van der Waals surface area contributed by atoms with Crippen LogP contribution in [0.3, 0.4) is 0 Å². The van der Waals surface area contributed by atoms with E-state index < -0.39 is 0 Å². The van der Waals surface area contributed by atoms with Crippen molar-refractivity contribution in [1.82, 2.24) is 30.1 Å². The van der Waals surface area contributed by atoms with Crippen LogP contribution in [-0.2, 0) is 11.3 Å². The number of rotatable bonds is 0. The number of carbonyl (C=O) groups is 1. The summed E-state index contributed by atoms with van der Waals surface area (Å²) in [6.07, 6.45) is 4.92. The summed E-state index contributed by atoms with van der Waals surface area (Å²) in [5.41, 5.74) is 3.90. The van der Waals surface area contributed by atoms with Crippen molar-refractivity contribution in [1.29, 1.82) is 0 Å². The molecule has 0 aliphatic carbocycles. The minimum Gasteiger partial charge on any atom is -0.370 e. The van der Waals surface area contributed by atoms with Crippen LogP contribution >= 0.6 is 0 Å². The zero-order chi connectivity index (χ0) is 24.0. The number of amides is 1. The first-order chi connectivity index (χ1) is 17.1. The van der Waals surface area contributed by atoms with E-state index in [4.69, 9.17) is 4.98 Å². The molecule has 5 heterocycles. The Balaban J connectivity index is 1.38. The van der Waals surface area contributed by atoms with Crippen LogP contribution in [-0.4, -0.2) is 76.5 Å². The third-order valence-corrected chi connectivity index (χ3v) is 6.57. The summed E-state index contributed by atoms with van der Waals surface area (Å²) in [4.78, 5) is 30.9. The molecule has 2 aromatic heterocycles. The van der Waals surface area contributed by atoms with Crippen LogP contribution in [0.4, 0.5) is 17.5 Å². The van der Waals surface area contributed by atoms with Crippen molar-refractivity contribution >= 4 is 23.4 Å². The molecule has 3 aliphatic rings. The first-order valence-electron chi connectivity index (χ1n) is 12.2. The van der Waals surface area contributed by atoms with Gasteiger partial charge in [-0.15, -0.1) is 0 Å². The molecule has 1 saturated heterocycles. The minimum atomic E-state index is 0.112. The Morgan fingerprint density at radius 1 is 1.03 bits per heavy atom. The zero-order valence-electron chi connectivity index (χ0n) is 20.1. The van der Waals surface area contributed by atoms with Crippen LogP contribution < -0.4 is 16.0 Å². The van der Waals surface area contributed by atoms with Crippen molar-refractivity contribution in [3.63, 3.8) is 0 Å². The quantitative estimate of drug-likeness (QED) is 0.460. The van der Waals surface area contributed by atoms with Gasteiger partial charge in [-0.1, -0.05) is 12.1 Å². The molecule has 1 fully saturated rings. The standard InChI is InChI=1S/C26H32N8O/c1-33-12-13-34-17-19-4-2-5-21(14-19)31-26-29-11-8-23(32-26)20-6-7-24(30-16-20)27-9-3-10-28-25(35)15-22(33)18-34/h2,4-8,11,14,16,22H,3,9-10,12-13,15,17-18H2,1H3,(H,27,30)(H,28,35)(H,29,31,32). The van der Waals surface area contributed by atoms with E-state index in [1.165, 1.54) is 5.56 Å².